The molecule has 1 aromatic rings. The molecule has 2 rings (SSSR count). The molecule has 2 nitrogen and oxygen atoms in total. The van der Waals surface area contributed by atoms with Crippen LogP contribution < -0.4 is 4.74 Å². The fourth-order valence-corrected chi connectivity index (χ4v) is 3.16. The average Bonchev–Trinajstić information content (AvgIpc) is 2.43. The Morgan fingerprint density at radius 1 is 1.29 bits per heavy atom. The minimum atomic E-state index is 0.557. The van der Waals surface area contributed by atoms with Crippen LogP contribution in [0.3, 0.4) is 0 Å². The summed E-state index contributed by atoms with van der Waals surface area (Å²) in [6, 6.07) is 6.60. The number of ether oxygens (including phenoxy) is 1. The summed E-state index contributed by atoms with van der Waals surface area (Å²) in [7, 11) is 0. The molecule has 1 fully saturated rings. The number of nitrogens with zero attached hydrogens (tertiary/aromatic N) is 1. The highest BCUT2D eigenvalue weighted by Gasteiger charge is 2.15. The fraction of sp³-hybridized carbons (Fsp3) is 0.684. The van der Waals surface area contributed by atoms with Gasteiger partial charge < -0.3 is 9.64 Å². The van der Waals surface area contributed by atoms with Crippen molar-refractivity contribution < 1.29 is 4.74 Å². The number of piperidine rings is 1. The fourth-order valence-electron chi connectivity index (χ4n) is 3.16. The predicted molar refractivity (Wildman–Crippen MR) is 90.2 cm³/mol. The standard InChI is InChI=1S/C19H31NO/c1-15(2)18-11-17(4)12-19(13-18)21-10-6-9-20-8-5-7-16(3)14-20/h11-13,15-16H,5-10,14H2,1-4H3/t16-/m0/s1. The number of likely N-dealkylation sites (tertiary alicyclic amines) is 1. The Bertz CT molecular complexity index is 441. The molecular formula is C19H31NO. The molecule has 0 spiro atoms. The monoisotopic (exact) mass is 289 g/mol. The van der Waals surface area contributed by atoms with Crippen molar-refractivity contribution in [3.63, 3.8) is 0 Å². The lowest BCUT2D eigenvalue weighted by atomic mass is 10.0. The van der Waals surface area contributed by atoms with Gasteiger partial charge in [-0.15, -0.1) is 0 Å². The molecule has 1 aliphatic rings. The number of hydrogen-bond acceptors (Lipinski definition) is 2. The van der Waals surface area contributed by atoms with E-state index in [1.165, 1.54) is 43.6 Å². The van der Waals surface area contributed by atoms with Crippen LogP contribution in [0, 0.1) is 12.8 Å². The molecular weight excluding hydrogens is 258 g/mol. The van der Waals surface area contributed by atoms with Crippen LogP contribution in [0.25, 0.3) is 0 Å². The highest BCUT2D eigenvalue weighted by molar-refractivity contribution is 5.35. The summed E-state index contributed by atoms with van der Waals surface area (Å²) in [5, 5.41) is 0. The van der Waals surface area contributed by atoms with Gasteiger partial charge in [-0.05, 0) is 67.8 Å². The number of hydrogen-bond donors (Lipinski definition) is 0. The molecule has 0 amide bonds. The minimum Gasteiger partial charge on any atom is -0.494 e. The zero-order valence-electron chi connectivity index (χ0n) is 14.2. The Balaban J connectivity index is 1.75. The quantitative estimate of drug-likeness (QED) is 0.709. The van der Waals surface area contributed by atoms with Gasteiger partial charge in [0.1, 0.15) is 5.75 Å². The van der Waals surface area contributed by atoms with Crippen molar-refractivity contribution in [2.45, 2.75) is 52.9 Å². The summed E-state index contributed by atoms with van der Waals surface area (Å²) in [5.74, 6) is 2.46. The Morgan fingerprint density at radius 2 is 2.10 bits per heavy atom. The molecule has 118 valence electrons. The third kappa shape index (κ3) is 5.35. The van der Waals surface area contributed by atoms with E-state index >= 15 is 0 Å². The molecule has 0 unspecified atom stereocenters. The van der Waals surface area contributed by atoms with Crippen molar-refractivity contribution in [2.24, 2.45) is 5.92 Å². The Labute approximate surface area is 130 Å². The van der Waals surface area contributed by atoms with Gasteiger partial charge in [-0.25, -0.2) is 0 Å². The summed E-state index contributed by atoms with van der Waals surface area (Å²) in [6.45, 7) is 13.5. The molecule has 21 heavy (non-hydrogen) atoms. The first kappa shape index (κ1) is 16.4. The van der Waals surface area contributed by atoms with Crippen molar-refractivity contribution in [3.8, 4) is 5.75 Å². The van der Waals surface area contributed by atoms with E-state index in [-0.39, 0.29) is 0 Å². The number of benzene rings is 1. The maximum atomic E-state index is 5.97. The first-order chi connectivity index (χ1) is 10.0. The normalized spacial score (nSPS) is 20.0. The lowest BCUT2D eigenvalue weighted by Gasteiger charge is -2.30. The van der Waals surface area contributed by atoms with Gasteiger partial charge in [0, 0.05) is 13.1 Å². The molecule has 2 heteroatoms. The maximum absolute atomic E-state index is 5.97. The zero-order valence-corrected chi connectivity index (χ0v) is 14.2. The van der Waals surface area contributed by atoms with Crippen LogP contribution in [-0.4, -0.2) is 31.1 Å². The molecule has 0 N–H and O–H groups in total. The van der Waals surface area contributed by atoms with Crippen molar-refractivity contribution in [3.05, 3.63) is 29.3 Å². The third-order valence-electron chi connectivity index (χ3n) is 4.37. The summed E-state index contributed by atoms with van der Waals surface area (Å²) in [4.78, 5) is 2.59. The molecule has 0 saturated carbocycles. The average molecular weight is 289 g/mol. The van der Waals surface area contributed by atoms with Crippen LogP contribution in [0.4, 0.5) is 0 Å². The van der Waals surface area contributed by atoms with Gasteiger partial charge in [-0.3, -0.25) is 0 Å². The summed E-state index contributed by atoms with van der Waals surface area (Å²) in [6.07, 6.45) is 3.88. The molecule has 0 bridgehead atoms. The third-order valence-corrected chi connectivity index (χ3v) is 4.37. The van der Waals surface area contributed by atoms with Crippen LogP contribution in [0.1, 0.15) is 57.1 Å². The lowest BCUT2D eigenvalue weighted by Crippen LogP contribution is -2.35. The van der Waals surface area contributed by atoms with E-state index in [2.05, 4.69) is 50.8 Å². The number of aryl methyl sites for hydroxylation is 1. The molecule has 1 aliphatic heterocycles. The molecule has 1 aromatic carbocycles. The van der Waals surface area contributed by atoms with Gasteiger partial charge in [0.2, 0.25) is 0 Å². The van der Waals surface area contributed by atoms with E-state index in [0.717, 1.165) is 24.7 Å². The van der Waals surface area contributed by atoms with E-state index in [9.17, 15) is 0 Å². The van der Waals surface area contributed by atoms with Crippen LogP contribution in [0.5, 0.6) is 5.75 Å². The lowest BCUT2D eigenvalue weighted by molar-refractivity contribution is 0.170. The van der Waals surface area contributed by atoms with Crippen molar-refractivity contribution >= 4 is 0 Å². The molecule has 0 aromatic heterocycles. The van der Waals surface area contributed by atoms with Crippen molar-refractivity contribution in [1.82, 2.24) is 4.90 Å². The van der Waals surface area contributed by atoms with Gasteiger partial charge in [0.25, 0.3) is 0 Å². The van der Waals surface area contributed by atoms with Gasteiger partial charge in [-0.1, -0.05) is 26.8 Å². The minimum absolute atomic E-state index is 0.557. The van der Waals surface area contributed by atoms with Crippen LogP contribution in [0.15, 0.2) is 18.2 Å². The maximum Gasteiger partial charge on any atom is 0.119 e. The van der Waals surface area contributed by atoms with Crippen molar-refractivity contribution in [1.29, 1.82) is 0 Å². The molecule has 1 saturated heterocycles. The Kier molecular flexibility index (Phi) is 6.10. The van der Waals surface area contributed by atoms with E-state index in [1.807, 2.05) is 0 Å². The van der Waals surface area contributed by atoms with Gasteiger partial charge in [0.15, 0.2) is 0 Å². The van der Waals surface area contributed by atoms with Gasteiger partial charge in [-0.2, -0.15) is 0 Å². The van der Waals surface area contributed by atoms with E-state index in [4.69, 9.17) is 4.74 Å². The van der Waals surface area contributed by atoms with E-state index < -0.39 is 0 Å². The summed E-state index contributed by atoms with van der Waals surface area (Å²) < 4.78 is 5.97. The summed E-state index contributed by atoms with van der Waals surface area (Å²) in [5.41, 5.74) is 2.66. The molecule has 1 heterocycles. The number of rotatable bonds is 6. The van der Waals surface area contributed by atoms with Gasteiger partial charge >= 0.3 is 0 Å². The van der Waals surface area contributed by atoms with E-state index in [1.54, 1.807) is 0 Å². The Morgan fingerprint density at radius 3 is 2.81 bits per heavy atom. The van der Waals surface area contributed by atoms with E-state index in [0.29, 0.717) is 5.92 Å². The first-order valence-electron chi connectivity index (χ1n) is 8.51. The second kappa shape index (κ2) is 7.84. The topological polar surface area (TPSA) is 12.5 Å². The zero-order chi connectivity index (χ0) is 15.2. The highest BCUT2D eigenvalue weighted by Crippen LogP contribution is 2.23. The van der Waals surface area contributed by atoms with Gasteiger partial charge in [0.05, 0.1) is 6.61 Å². The molecule has 0 aliphatic carbocycles. The molecule has 1 atom stereocenters. The highest BCUT2D eigenvalue weighted by atomic mass is 16.5. The van der Waals surface area contributed by atoms with Crippen LogP contribution in [0.2, 0.25) is 0 Å². The smallest absolute Gasteiger partial charge is 0.119 e. The van der Waals surface area contributed by atoms with Crippen molar-refractivity contribution in [2.75, 3.05) is 26.2 Å². The predicted octanol–water partition coefficient (Wildman–Crippen LogP) is 4.62. The second-order valence-electron chi connectivity index (χ2n) is 6.98. The SMILES string of the molecule is Cc1cc(OCCCN2CCC[C@H](C)C2)cc(C(C)C)c1. The Hall–Kier alpha value is -1.02. The molecule has 0 radical (unpaired) electrons. The van der Waals surface area contributed by atoms with Crippen LogP contribution >= 0.6 is 0 Å². The van der Waals surface area contributed by atoms with Crippen LogP contribution in [-0.2, 0) is 0 Å². The largest absolute Gasteiger partial charge is 0.494 e. The second-order valence-corrected chi connectivity index (χ2v) is 6.98. The summed E-state index contributed by atoms with van der Waals surface area (Å²) >= 11 is 0. The first-order valence-corrected chi connectivity index (χ1v) is 8.51.